The van der Waals surface area contributed by atoms with Crippen LogP contribution >= 0.6 is 0 Å². The van der Waals surface area contributed by atoms with Gasteiger partial charge in [-0.25, -0.2) is 0 Å². The summed E-state index contributed by atoms with van der Waals surface area (Å²) in [7, 11) is 0. The monoisotopic (exact) mass is 267 g/mol. The molecule has 5 nitrogen and oxygen atoms in total. The highest BCUT2D eigenvalue weighted by Crippen LogP contribution is 2.23. The van der Waals surface area contributed by atoms with Gasteiger partial charge in [-0.05, 0) is 39.2 Å². The first-order valence-corrected chi connectivity index (χ1v) is 7.42. The van der Waals surface area contributed by atoms with Gasteiger partial charge >= 0.3 is 0 Å². The lowest BCUT2D eigenvalue weighted by molar-refractivity contribution is 0.124. The number of hydrogen-bond donors (Lipinski definition) is 1. The Balaban J connectivity index is 1.87. The van der Waals surface area contributed by atoms with Crippen LogP contribution in [-0.4, -0.2) is 38.8 Å². The molecule has 0 aliphatic carbocycles. The standard InChI is InChI=1S/C14H25N3O2/c1-3-4-7-13-15-14(19-16-13)10-17-8-5-6-12(17)9-11(2)18/h11-12,18H,3-10H2,1-2H3. The minimum Gasteiger partial charge on any atom is -0.393 e. The number of nitrogens with zero attached hydrogens (tertiary/aromatic N) is 3. The second kappa shape index (κ2) is 7.01. The van der Waals surface area contributed by atoms with Gasteiger partial charge in [-0.1, -0.05) is 18.5 Å². The molecule has 2 heterocycles. The van der Waals surface area contributed by atoms with Crippen LogP contribution in [0.15, 0.2) is 4.52 Å². The fourth-order valence-electron chi connectivity index (χ4n) is 2.73. The van der Waals surface area contributed by atoms with Crippen LogP contribution in [0.3, 0.4) is 0 Å². The van der Waals surface area contributed by atoms with Crippen LogP contribution in [-0.2, 0) is 13.0 Å². The highest BCUT2D eigenvalue weighted by molar-refractivity contribution is 4.89. The summed E-state index contributed by atoms with van der Waals surface area (Å²) in [6.45, 7) is 5.79. The Hall–Kier alpha value is -0.940. The average Bonchev–Trinajstić information content (AvgIpc) is 2.97. The second-order valence-corrected chi connectivity index (χ2v) is 5.56. The van der Waals surface area contributed by atoms with Gasteiger partial charge in [0, 0.05) is 12.5 Å². The van der Waals surface area contributed by atoms with Gasteiger partial charge in [0.2, 0.25) is 5.89 Å². The number of rotatable bonds is 7. The Kier molecular flexibility index (Phi) is 5.34. The minimum absolute atomic E-state index is 0.242. The molecule has 0 aromatic carbocycles. The van der Waals surface area contributed by atoms with E-state index in [4.69, 9.17) is 4.52 Å². The van der Waals surface area contributed by atoms with E-state index in [-0.39, 0.29) is 6.10 Å². The zero-order valence-electron chi connectivity index (χ0n) is 12.0. The van der Waals surface area contributed by atoms with Gasteiger partial charge in [0.15, 0.2) is 5.82 Å². The third-order valence-electron chi connectivity index (χ3n) is 3.71. The third-order valence-corrected chi connectivity index (χ3v) is 3.71. The maximum atomic E-state index is 9.52. The molecule has 5 heteroatoms. The van der Waals surface area contributed by atoms with E-state index < -0.39 is 0 Å². The maximum absolute atomic E-state index is 9.52. The quantitative estimate of drug-likeness (QED) is 0.820. The first-order valence-electron chi connectivity index (χ1n) is 7.42. The Morgan fingerprint density at radius 1 is 1.53 bits per heavy atom. The molecule has 0 spiro atoms. The third kappa shape index (κ3) is 4.28. The van der Waals surface area contributed by atoms with Crippen molar-refractivity contribution < 1.29 is 9.63 Å². The number of aryl methyl sites for hydroxylation is 1. The van der Waals surface area contributed by atoms with Crippen LogP contribution in [0.4, 0.5) is 0 Å². The molecule has 1 aliphatic heterocycles. The molecule has 19 heavy (non-hydrogen) atoms. The maximum Gasteiger partial charge on any atom is 0.240 e. The van der Waals surface area contributed by atoms with Crippen molar-refractivity contribution in [3.8, 4) is 0 Å². The number of likely N-dealkylation sites (tertiary alicyclic amines) is 1. The van der Waals surface area contributed by atoms with E-state index in [1.165, 1.54) is 6.42 Å². The molecule has 0 saturated carbocycles. The largest absolute Gasteiger partial charge is 0.393 e. The lowest BCUT2D eigenvalue weighted by Crippen LogP contribution is -2.31. The van der Waals surface area contributed by atoms with Crippen LogP contribution < -0.4 is 0 Å². The molecule has 0 radical (unpaired) electrons. The summed E-state index contributed by atoms with van der Waals surface area (Å²) in [6, 6.07) is 0.450. The molecular weight excluding hydrogens is 242 g/mol. The van der Waals surface area contributed by atoms with Crippen LogP contribution in [0.2, 0.25) is 0 Å². The van der Waals surface area contributed by atoms with Crippen molar-refractivity contribution in [2.24, 2.45) is 0 Å². The van der Waals surface area contributed by atoms with E-state index in [0.717, 1.165) is 51.0 Å². The molecule has 1 aromatic rings. The Morgan fingerprint density at radius 3 is 3.11 bits per heavy atom. The number of unbranched alkanes of at least 4 members (excludes halogenated alkanes) is 1. The van der Waals surface area contributed by atoms with Gasteiger partial charge < -0.3 is 9.63 Å². The first-order chi connectivity index (χ1) is 9.19. The molecular formula is C14H25N3O2. The van der Waals surface area contributed by atoms with Crippen molar-refractivity contribution in [3.63, 3.8) is 0 Å². The predicted molar refractivity (Wildman–Crippen MR) is 72.6 cm³/mol. The van der Waals surface area contributed by atoms with Gasteiger partial charge in [0.05, 0.1) is 12.6 Å². The van der Waals surface area contributed by atoms with Crippen molar-refractivity contribution in [3.05, 3.63) is 11.7 Å². The van der Waals surface area contributed by atoms with Crippen molar-refractivity contribution >= 4 is 0 Å². The van der Waals surface area contributed by atoms with E-state index in [0.29, 0.717) is 11.9 Å². The van der Waals surface area contributed by atoms with E-state index in [2.05, 4.69) is 22.0 Å². The van der Waals surface area contributed by atoms with Crippen LogP contribution in [0.25, 0.3) is 0 Å². The van der Waals surface area contributed by atoms with Crippen LogP contribution in [0.5, 0.6) is 0 Å². The molecule has 2 atom stereocenters. The topological polar surface area (TPSA) is 62.4 Å². The molecule has 2 rings (SSSR count). The lowest BCUT2D eigenvalue weighted by atomic mass is 10.1. The summed E-state index contributed by atoms with van der Waals surface area (Å²) in [5.41, 5.74) is 0. The minimum atomic E-state index is -0.242. The van der Waals surface area contributed by atoms with Gasteiger partial charge in [-0.2, -0.15) is 4.98 Å². The molecule has 1 aliphatic rings. The number of hydrogen-bond acceptors (Lipinski definition) is 5. The van der Waals surface area contributed by atoms with Crippen LogP contribution in [0, 0.1) is 0 Å². The Morgan fingerprint density at radius 2 is 2.37 bits per heavy atom. The molecule has 1 N–H and O–H groups in total. The Bertz CT molecular complexity index is 379. The molecule has 2 unspecified atom stereocenters. The number of aromatic nitrogens is 2. The first kappa shape index (κ1) is 14.5. The smallest absolute Gasteiger partial charge is 0.240 e. The van der Waals surface area contributed by atoms with E-state index in [1.54, 1.807) is 0 Å². The fraction of sp³-hybridized carbons (Fsp3) is 0.857. The lowest BCUT2D eigenvalue weighted by Gasteiger charge is -2.23. The Labute approximate surface area is 115 Å². The van der Waals surface area contributed by atoms with Crippen molar-refractivity contribution in [2.45, 2.75) is 71.1 Å². The number of aliphatic hydroxyl groups excluding tert-OH is 1. The summed E-state index contributed by atoms with van der Waals surface area (Å²) < 4.78 is 5.31. The fourth-order valence-corrected chi connectivity index (χ4v) is 2.73. The van der Waals surface area contributed by atoms with E-state index >= 15 is 0 Å². The van der Waals surface area contributed by atoms with Gasteiger partial charge in [0.1, 0.15) is 0 Å². The summed E-state index contributed by atoms with van der Waals surface area (Å²) in [5, 5.41) is 13.5. The molecule has 0 amide bonds. The summed E-state index contributed by atoms with van der Waals surface area (Å²) >= 11 is 0. The highest BCUT2D eigenvalue weighted by atomic mass is 16.5. The summed E-state index contributed by atoms with van der Waals surface area (Å²) in [5.74, 6) is 1.53. The zero-order valence-corrected chi connectivity index (χ0v) is 12.0. The second-order valence-electron chi connectivity index (χ2n) is 5.56. The molecule has 1 saturated heterocycles. The normalized spacial score (nSPS) is 21.9. The predicted octanol–water partition coefficient (Wildman–Crippen LogP) is 2.15. The van der Waals surface area contributed by atoms with Crippen molar-refractivity contribution in [2.75, 3.05) is 6.54 Å². The average molecular weight is 267 g/mol. The zero-order chi connectivity index (χ0) is 13.7. The molecule has 1 aromatic heterocycles. The van der Waals surface area contributed by atoms with Gasteiger partial charge in [-0.3, -0.25) is 4.90 Å². The van der Waals surface area contributed by atoms with E-state index in [9.17, 15) is 5.11 Å². The molecule has 0 bridgehead atoms. The molecule has 108 valence electrons. The molecule has 1 fully saturated rings. The SMILES string of the molecule is CCCCc1noc(CN2CCCC2CC(C)O)n1. The number of aliphatic hydroxyl groups is 1. The summed E-state index contributed by atoms with van der Waals surface area (Å²) in [6.07, 6.45) is 6.08. The van der Waals surface area contributed by atoms with Crippen LogP contribution in [0.1, 0.15) is 57.7 Å². The van der Waals surface area contributed by atoms with Crippen molar-refractivity contribution in [1.82, 2.24) is 15.0 Å². The van der Waals surface area contributed by atoms with Gasteiger partial charge in [-0.15, -0.1) is 0 Å². The van der Waals surface area contributed by atoms with E-state index in [1.807, 2.05) is 6.92 Å². The van der Waals surface area contributed by atoms with Crippen molar-refractivity contribution in [1.29, 1.82) is 0 Å². The summed E-state index contributed by atoms with van der Waals surface area (Å²) in [4.78, 5) is 6.79. The highest BCUT2D eigenvalue weighted by Gasteiger charge is 2.27. The van der Waals surface area contributed by atoms with Gasteiger partial charge in [0.25, 0.3) is 0 Å².